The molecular formula is C12H16FNO4S. The summed E-state index contributed by atoms with van der Waals surface area (Å²) in [5.41, 5.74) is 3.56. The first-order valence-corrected chi connectivity index (χ1v) is 7.18. The first kappa shape index (κ1) is 15.6. The number of sulfone groups is 1. The maximum absolute atomic E-state index is 13.6. The van der Waals surface area contributed by atoms with E-state index in [2.05, 4.69) is 0 Å². The summed E-state index contributed by atoms with van der Waals surface area (Å²) in [4.78, 5) is 10.5. The molecule has 0 aliphatic rings. The quantitative estimate of drug-likeness (QED) is 0.819. The third-order valence-electron chi connectivity index (χ3n) is 2.29. The van der Waals surface area contributed by atoms with Gasteiger partial charge in [0, 0.05) is 0 Å². The maximum atomic E-state index is 13.6. The highest BCUT2D eigenvalue weighted by Crippen LogP contribution is 2.19. The highest BCUT2D eigenvalue weighted by Gasteiger charge is 2.25. The molecule has 0 atom stereocenters. The number of nitrogens with two attached hydrogens (primary N) is 1. The Balaban J connectivity index is 3.10. The lowest BCUT2D eigenvalue weighted by Gasteiger charge is -2.17. The standard InChI is InChI=1S/C12H16FNO4S/c1-12(2,16)7-19(17,18)9-4-3-8(5-11(14)15)10(13)6-9/h3-4,6,16H,5,7H2,1-2H3,(H2,14,15). The molecule has 0 unspecified atom stereocenters. The van der Waals surface area contributed by atoms with Crippen molar-refractivity contribution >= 4 is 15.7 Å². The Labute approximate surface area is 111 Å². The van der Waals surface area contributed by atoms with E-state index in [1.54, 1.807) is 0 Å². The predicted octanol–water partition coefficient (Wildman–Crippen LogP) is 0.398. The Morgan fingerprint density at radius 3 is 2.42 bits per heavy atom. The second-order valence-electron chi connectivity index (χ2n) is 4.97. The Hall–Kier alpha value is -1.47. The monoisotopic (exact) mass is 289 g/mol. The van der Waals surface area contributed by atoms with Crippen LogP contribution in [0, 0.1) is 5.82 Å². The van der Waals surface area contributed by atoms with Crippen molar-refractivity contribution in [2.45, 2.75) is 30.8 Å². The van der Waals surface area contributed by atoms with Gasteiger partial charge in [0.1, 0.15) is 5.82 Å². The van der Waals surface area contributed by atoms with Crippen LogP contribution in [0.25, 0.3) is 0 Å². The number of benzene rings is 1. The number of primary amides is 1. The van der Waals surface area contributed by atoms with Crippen LogP contribution < -0.4 is 5.73 Å². The van der Waals surface area contributed by atoms with E-state index in [0.29, 0.717) is 0 Å². The number of hydrogen-bond acceptors (Lipinski definition) is 4. The van der Waals surface area contributed by atoms with Crippen molar-refractivity contribution < 1.29 is 22.7 Å². The minimum Gasteiger partial charge on any atom is -0.389 e. The van der Waals surface area contributed by atoms with E-state index in [4.69, 9.17) is 5.73 Å². The first-order chi connectivity index (χ1) is 8.51. The van der Waals surface area contributed by atoms with Crippen molar-refractivity contribution in [1.82, 2.24) is 0 Å². The molecule has 1 aromatic rings. The van der Waals surface area contributed by atoms with Gasteiger partial charge in [-0.2, -0.15) is 0 Å². The number of aliphatic hydroxyl groups is 1. The molecule has 19 heavy (non-hydrogen) atoms. The average Bonchev–Trinajstić information content (AvgIpc) is 2.16. The van der Waals surface area contributed by atoms with Crippen LogP contribution >= 0.6 is 0 Å². The molecule has 0 spiro atoms. The van der Waals surface area contributed by atoms with Gasteiger partial charge in [0.15, 0.2) is 9.84 Å². The number of hydrogen-bond donors (Lipinski definition) is 2. The second kappa shape index (κ2) is 5.26. The molecule has 0 radical (unpaired) electrons. The van der Waals surface area contributed by atoms with Crippen LogP contribution in [-0.4, -0.2) is 30.8 Å². The molecule has 0 heterocycles. The van der Waals surface area contributed by atoms with E-state index in [1.807, 2.05) is 0 Å². The van der Waals surface area contributed by atoms with Crippen molar-refractivity contribution in [3.63, 3.8) is 0 Å². The minimum atomic E-state index is -3.79. The molecular weight excluding hydrogens is 273 g/mol. The molecule has 0 aromatic heterocycles. The normalized spacial score (nSPS) is 12.4. The zero-order valence-corrected chi connectivity index (χ0v) is 11.5. The zero-order chi connectivity index (χ0) is 14.8. The molecule has 0 aliphatic heterocycles. The van der Waals surface area contributed by atoms with E-state index >= 15 is 0 Å². The molecule has 7 heteroatoms. The average molecular weight is 289 g/mol. The SMILES string of the molecule is CC(C)(O)CS(=O)(=O)c1ccc(CC(N)=O)c(F)c1. The van der Waals surface area contributed by atoms with Gasteiger partial charge < -0.3 is 10.8 Å². The molecule has 1 aromatic carbocycles. The molecule has 106 valence electrons. The van der Waals surface area contributed by atoms with Gasteiger partial charge in [0.2, 0.25) is 5.91 Å². The highest BCUT2D eigenvalue weighted by atomic mass is 32.2. The zero-order valence-electron chi connectivity index (χ0n) is 10.7. The summed E-state index contributed by atoms with van der Waals surface area (Å²) in [5.74, 6) is -2.03. The van der Waals surface area contributed by atoms with E-state index in [0.717, 1.165) is 6.07 Å². The Bertz CT molecular complexity index is 590. The van der Waals surface area contributed by atoms with Gasteiger partial charge in [-0.05, 0) is 31.5 Å². The topological polar surface area (TPSA) is 97.5 Å². The van der Waals surface area contributed by atoms with Crippen molar-refractivity contribution in [3.8, 4) is 0 Å². The van der Waals surface area contributed by atoms with Gasteiger partial charge >= 0.3 is 0 Å². The minimum absolute atomic E-state index is 0.0368. The number of amides is 1. The molecule has 3 N–H and O–H groups in total. The summed E-state index contributed by atoms with van der Waals surface area (Å²) in [6.07, 6.45) is -0.294. The Morgan fingerprint density at radius 1 is 1.42 bits per heavy atom. The first-order valence-electron chi connectivity index (χ1n) is 5.53. The van der Waals surface area contributed by atoms with Gasteiger partial charge in [0.25, 0.3) is 0 Å². The van der Waals surface area contributed by atoms with Gasteiger partial charge in [0.05, 0.1) is 22.7 Å². The summed E-state index contributed by atoms with van der Waals surface area (Å²) in [6.45, 7) is 2.70. The van der Waals surface area contributed by atoms with Crippen LogP contribution in [0.4, 0.5) is 4.39 Å². The molecule has 0 saturated carbocycles. The third-order valence-corrected chi connectivity index (χ3v) is 4.35. The van der Waals surface area contributed by atoms with Crippen LogP contribution in [-0.2, 0) is 21.1 Å². The summed E-state index contributed by atoms with van der Waals surface area (Å²) in [7, 11) is -3.79. The Morgan fingerprint density at radius 2 is 2.00 bits per heavy atom. The van der Waals surface area contributed by atoms with Gasteiger partial charge in [-0.25, -0.2) is 12.8 Å². The van der Waals surface area contributed by atoms with Gasteiger partial charge in [-0.15, -0.1) is 0 Å². The molecule has 1 amide bonds. The second-order valence-corrected chi connectivity index (χ2v) is 6.96. The number of halogens is 1. The lowest BCUT2D eigenvalue weighted by atomic mass is 10.1. The van der Waals surface area contributed by atoms with Crippen molar-refractivity contribution in [3.05, 3.63) is 29.6 Å². The Kier molecular flexibility index (Phi) is 4.32. The molecule has 1 rings (SSSR count). The van der Waals surface area contributed by atoms with Crippen LogP contribution in [0.15, 0.2) is 23.1 Å². The smallest absolute Gasteiger partial charge is 0.221 e. The molecule has 0 bridgehead atoms. The van der Waals surface area contributed by atoms with Crippen molar-refractivity contribution in [2.24, 2.45) is 5.73 Å². The highest BCUT2D eigenvalue weighted by molar-refractivity contribution is 7.91. The number of carbonyl (C=O) groups excluding carboxylic acids is 1. The van der Waals surface area contributed by atoms with Crippen molar-refractivity contribution in [2.75, 3.05) is 5.75 Å². The van der Waals surface area contributed by atoms with Crippen LogP contribution in [0.1, 0.15) is 19.4 Å². The maximum Gasteiger partial charge on any atom is 0.221 e. The van der Waals surface area contributed by atoms with Gasteiger partial charge in [-0.1, -0.05) is 6.07 Å². The van der Waals surface area contributed by atoms with E-state index < -0.39 is 32.9 Å². The fourth-order valence-electron chi connectivity index (χ4n) is 1.60. The van der Waals surface area contributed by atoms with E-state index in [9.17, 15) is 22.7 Å². The van der Waals surface area contributed by atoms with Crippen LogP contribution in [0.3, 0.4) is 0 Å². The lowest BCUT2D eigenvalue weighted by molar-refractivity contribution is -0.117. The summed E-state index contributed by atoms with van der Waals surface area (Å²) >= 11 is 0. The summed E-state index contributed by atoms with van der Waals surface area (Å²) in [6, 6.07) is 3.24. The van der Waals surface area contributed by atoms with Crippen LogP contribution in [0.2, 0.25) is 0 Å². The number of rotatable bonds is 5. The van der Waals surface area contributed by atoms with Crippen molar-refractivity contribution in [1.29, 1.82) is 0 Å². The molecule has 0 fully saturated rings. The summed E-state index contributed by atoms with van der Waals surface area (Å²) in [5, 5.41) is 9.52. The van der Waals surface area contributed by atoms with E-state index in [1.165, 1.54) is 26.0 Å². The third kappa shape index (κ3) is 4.60. The largest absolute Gasteiger partial charge is 0.389 e. The molecule has 5 nitrogen and oxygen atoms in total. The predicted molar refractivity (Wildman–Crippen MR) is 67.6 cm³/mol. The fourth-order valence-corrected chi connectivity index (χ4v) is 3.26. The lowest BCUT2D eigenvalue weighted by Crippen LogP contribution is -2.30. The van der Waals surface area contributed by atoms with E-state index in [-0.39, 0.29) is 16.9 Å². The molecule has 0 saturated heterocycles. The summed E-state index contributed by atoms with van der Waals surface area (Å²) < 4.78 is 37.5. The van der Waals surface area contributed by atoms with Gasteiger partial charge in [-0.3, -0.25) is 4.79 Å². The van der Waals surface area contributed by atoms with Crippen LogP contribution in [0.5, 0.6) is 0 Å². The fraction of sp³-hybridized carbons (Fsp3) is 0.417. The number of carbonyl (C=O) groups is 1. The molecule has 0 aliphatic carbocycles.